The highest BCUT2D eigenvalue weighted by Crippen LogP contribution is 2.29. The smallest absolute Gasteiger partial charge is 0.320 e. The van der Waals surface area contributed by atoms with Gasteiger partial charge in [0.25, 0.3) is 0 Å². The molecule has 0 bridgehead atoms. The number of hydrogen-bond donors (Lipinski definition) is 2. The van der Waals surface area contributed by atoms with Gasteiger partial charge in [-0.15, -0.1) is 5.10 Å². The van der Waals surface area contributed by atoms with Crippen LogP contribution in [0.5, 0.6) is 5.88 Å². The lowest BCUT2D eigenvalue weighted by Crippen LogP contribution is -2.28. The molecule has 1 aliphatic carbocycles. The third-order valence-corrected chi connectivity index (χ3v) is 6.09. The van der Waals surface area contributed by atoms with Gasteiger partial charge in [-0.25, -0.2) is 4.98 Å². The first-order chi connectivity index (χ1) is 16.4. The van der Waals surface area contributed by atoms with Crippen molar-refractivity contribution in [3.63, 3.8) is 0 Å². The minimum absolute atomic E-state index is 0.0163. The van der Waals surface area contributed by atoms with Crippen molar-refractivity contribution in [1.82, 2.24) is 15.2 Å². The molecule has 0 saturated heterocycles. The number of nitrogens with one attached hydrogen (secondary N) is 2. The third-order valence-electron chi connectivity index (χ3n) is 5.28. The lowest BCUT2D eigenvalue weighted by atomic mass is 9.87. The van der Waals surface area contributed by atoms with Gasteiger partial charge in [-0.05, 0) is 49.9 Å². The van der Waals surface area contributed by atoms with Crippen LogP contribution in [-0.4, -0.2) is 40.3 Å². The van der Waals surface area contributed by atoms with Gasteiger partial charge in [-0.3, -0.25) is 9.59 Å². The van der Waals surface area contributed by atoms with Gasteiger partial charge in [-0.1, -0.05) is 32.6 Å². The maximum atomic E-state index is 12.4. The summed E-state index contributed by atoms with van der Waals surface area (Å²) in [6.07, 6.45) is 4.40. The van der Waals surface area contributed by atoms with E-state index in [9.17, 15) is 9.59 Å². The predicted octanol–water partition coefficient (Wildman–Crippen LogP) is 4.99. The molecule has 1 amide bonds. The molecule has 1 saturated carbocycles. The second-order valence-electron chi connectivity index (χ2n) is 7.62. The van der Waals surface area contributed by atoms with E-state index >= 15 is 0 Å². The fourth-order valence-electron chi connectivity index (χ4n) is 3.53. The van der Waals surface area contributed by atoms with E-state index in [1.807, 2.05) is 0 Å². The van der Waals surface area contributed by atoms with E-state index in [-0.39, 0.29) is 29.9 Å². The van der Waals surface area contributed by atoms with Gasteiger partial charge in [0.2, 0.25) is 5.88 Å². The van der Waals surface area contributed by atoms with Crippen LogP contribution in [0.2, 0.25) is 5.02 Å². The van der Waals surface area contributed by atoms with E-state index in [0.29, 0.717) is 22.3 Å². The zero-order chi connectivity index (χ0) is 24.1. The summed E-state index contributed by atoms with van der Waals surface area (Å²) in [5, 5.41) is 13.5. The van der Waals surface area contributed by atoms with E-state index in [2.05, 4.69) is 41.7 Å². The van der Waals surface area contributed by atoms with Crippen molar-refractivity contribution in [3.8, 4) is 5.88 Å². The van der Waals surface area contributed by atoms with E-state index in [1.165, 1.54) is 13.3 Å². The quantitative estimate of drug-likeness (QED) is 0.391. The van der Waals surface area contributed by atoms with Crippen LogP contribution in [-0.2, 0) is 9.53 Å². The summed E-state index contributed by atoms with van der Waals surface area (Å²) in [6.45, 7) is 0. The van der Waals surface area contributed by atoms with Crippen molar-refractivity contribution in [2.75, 3.05) is 17.7 Å². The summed E-state index contributed by atoms with van der Waals surface area (Å²) in [6, 6.07) is 8.60. The Bertz CT molecular complexity index is 1160. The number of halogens is 2. The highest BCUT2D eigenvalue weighted by atomic mass is 79.9. The topological polar surface area (TPSA) is 128 Å². The maximum absolute atomic E-state index is 12.4. The molecule has 12 heteroatoms. The molecule has 10 nitrogen and oxygen atoms in total. The van der Waals surface area contributed by atoms with Gasteiger partial charge in [0, 0.05) is 10.5 Å². The molecule has 1 aromatic carbocycles. The van der Waals surface area contributed by atoms with Crippen molar-refractivity contribution in [2.45, 2.75) is 31.8 Å². The number of anilines is 3. The molecule has 0 aliphatic heterocycles. The van der Waals surface area contributed by atoms with Gasteiger partial charge >= 0.3 is 23.8 Å². The average molecular weight is 551 g/mol. The van der Waals surface area contributed by atoms with Crippen molar-refractivity contribution in [3.05, 3.63) is 51.9 Å². The maximum Gasteiger partial charge on any atom is 0.320 e. The predicted molar refractivity (Wildman–Crippen MR) is 127 cm³/mol. The molecular formula is C22H21BrClN5O5. The first-order valence-corrected chi connectivity index (χ1v) is 11.7. The Morgan fingerprint density at radius 2 is 1.94 bits per heavy atom. The van der Waals surface area contributed by atoms with Gasteiger partial charge in [-0.2, -0.15) is 0 Å². The minimum Gasteiger partial charge on any atom is -0.474 e. The van der Waals surface area contributed by atoms with Crippen LogP contribution in [0.3, 0.4) is 0 Å². The number of methoxy groups -OCH3 is 1. The number of rotatable bonds is 7. The van der Waals surface area contributed by atoms with Gasteiger partial charge in [0.1, 0.15) is 6.10 Å². The van der Waals surface area contributed by atoms with Crippen LogP contribution in [0.1, 0.15) is 36.4 Å². The van der Waals surface area contributed by atoms with Crippen molar-refractivity contribution in [2.24, 2.45) is 5.92 Å². The number of hydrogen-bond acceptors (Lipinski definition) is 9. The van der Waals surface area contributed by atoms with E-state index in [1.54, 1.807) is 30.3 Å². The number of nitrogens with zero attached hydrogens (tertiary/aromatic N) is 3. The largest absolute Gasteiger partial charge is 0.474 e. The van der Waals surface area contributed by atoms with E-state index < -0.39 is 5.91 Å². The summed E-state index contributed by atoms with van der Waals surface area (Å²) in [5.41, 5.74) is 0.995. The van der Waals surface area contributed by atoms with Crippen LogP contribution in [0.25, 0.3) is 0 Å². The summed E-state index contributed by atoms with van der Waals surface area (Å²) >= 11 is 9.49. The molecule has 2 N–H and O–H groups in total. The number of carbonyl (C=O) groups excluding carboxylic acids is 2. The monoisotopic (exact) mass is 549 g/mol. The van der Waals surface area contributed by atoms with Crippen molar-refractivity contribution < 1.29 is 23.5 Å². The molecule has 178 valence electrons. The molecule has 2 heterocycles. The molecule has 0 radical (unpaired) electrons. The molecule has 0 unspecified atom stereocenters. The van der Waals surface area contributed by atoms with Crippen molar-refractivity contribution in [1.29, 1.82) is 0 Å². The van der Waals surface area contributed by atoms with E-state index in [0.717, 1.165) is 30.2 Å². The Labute approximate surface area is 208 Å². The van der Waals surface area contributed by atoms with Crippen LogP contribution in [0.4, 0.5) is 17.4 Å². The molecular weight excluding hydrogens is 530 g/mol. The van der Waals surface area contributed by atoms with Crippen LogP contribution >= 0.6 is 27.5 Å². The Morgan fingerprint density at radius 1 is 1.15 bits per heavy atom. The number of carbonyl (C=O) groups is 2. The van der Waals surface area contributed by atoms with Crippen LogP contribution in [0.15, 0.2) is 45.4 Å². The summed E-state index contributed by atoms with van der Waals surface area (Å²) < 4.78 is 16.9. The lowest BCUT2D eigenvalue weighted by molar-refractivity contribution is -0.147. The molecule has 1 fully saturated rings. The number of benzene rings is 1. The van der Waals surface area contributed by atoms with Crippen LogP contribution in [0, 0.1) is 5.92 Å². The highest BCUT2D eigenvalue weighted by Gasteiger charge is 2.28. The number of aromatic nitrogens is 3. The van der Waals surface area contributed by atoms with Crippen LogP contribution < -0.4 is 15.4 Å². The standard InChI is InChI=1S/C22H21BrClN5O5/c1-32-21(31)12-2-6-15(7-3-12)33-18-9-5-14(11-25-18)26-19(30)20-28-29-22(34-20)27-17-8-4-13(23)10-16(17)24/h4-5,8-12,15H,2-3,6-7H2,1H3,(H,26,30)(H,27,29)/t12-,15+. The lowest BCUT2D eigenvalue weighted by Gasteiger charge is -2.27. The third kappa shape index (κ3) is 6.03. The molecule has 4 rings (SSSR count). The fourth-order valence-corrected chi connectivity index (χ4v) is 4.25. The molecule has 0 atom stereocenters. The Kier molecular flexibility index (Phi) is 7.63. The van der Waals surface area contributed by atoms with Gasteiger partial charge < -0.3 is 24.5 Å². The Balaban J connectivity index is 1.29. The first-order valence-electron chi connectivity index (χ1n) is 10.5. The highest BCUT2D eigenvalue weighted by molar-refractivity contribution is 9.10. The average Bonchev–Trinajstić information content (AvgIpc) is 3.31. The fraction of sp³-hybridized carbons (Fsp3) is 0.318. The number of amides is 1. The molecule has 34 heavy (non-hydrogen) atoms. The molecule has 3 aromatic rings. The summed E-state index contributed by atoms with van der Waals surface area (Å²) in [5.74, 6) is -0.603. The second-order valence-corrected chi connectivity index (χ2v) is 8.94. The zero-order valence-electron chi connectivity index (χ0n) is 18.1. The number of pyridine rings is 1. The van der Waals surface area contributed by atoms with E-state index in [4.69, 9.17) is 25.5 Å². The first kappa shape index (κ1) is 24.0. The number of ether oxygens (including phenoxy) is 2. The normalized spacial score (nSPS) is 17.6. The van der Waals surface area contributed by atoms with Gasteiger partial charge in [0.15, 0.2) is 0 Å². The molecule has 1 aliphatic rings. The number of esters is 1. The Hall–Kier alpha value is -3.18. The summed E-state index contributed by atoms with van der Waals surface area (Å²) in [4.78, 5) is 28.3. The Morgan fingerprint density at radius 3 is 2.62 bits per heavy atom. The molecule has 2 aromatic heterocycles. The minimum atomic E-state index is -0.584. The van der Waals surface area contributed by atoms with Crippen molar-refractivity contribution >= 4 is 56.8 Å². The summed E-state index contributed by atoms with van der Waals surface area (Å²) in [7, 11) is 1.41. The zero-order valence-corrected chi connectivity index (χ0v) is 20.4. The SMILES string of the molecule is COC(=O)[C@H]1CC[C@@H](Oc2ccc(NC(=O)c3nnc(Nc4ccc(Br)cc4Cl)o3)cn2)CC1. The molecule has 0 spiro atoms. The van der Waals surface area contributed by atoms with Gasteiger partial charge in [0.05, 0.1) is 35.6 Å². The second kappa shape index (κ2) is 10.8.